The van der Waals surface area contributed by atoms with Crippen molar-refractivity contribution >= 4 is 28.2 Å². The number of aryl methyl sites for hydroxylation is 5. The molecule has 1 aromatic heterocycles. The van der Waals surface area contributed by atoms with E-state index in [1.54, 1.807) is 0 Å². The van der Waals surface area contributed by atoms with E-state index in [-0.39, 0.29) is 0 Å². The molecule has 5 rings (SSSR count). The van der Waals surface area contributed by atoms with Crippen LogP contribution in [0, 0.1) is 34.6 Å². The first kappa shape index (κ1) is 17.1. The Balaban J connectivity index is 1.86. The molecule has 0 aliphatic carbocycles. The van der Waals surface area contributed by atoms with Crippen molar-refractivity contribution in [3.05, 3.63) is 87.5 Å². The molecule has 0 amide bonds. The van der Waals surface area contributed by atoms with Gasteiger partial charge in [0.15, 0.2) is 0 Å². The lowest BCUT2D eigenvalue weighted by atomic mass is 9.93. The molecular weight excluding hydrogens is 342 g/mol. The molecule has 2 heterocycles. The van der Waals surface area contributed by atoms with E-state index in [0.29, 0.717) is 0 Å². The van der Waals surface area contributed by atoms with Gasteiger partial charge in [0.1, 0.15) is 5.58 Å². The van der Waals surface area contributed by atoms with Gasteiger partial charge in [-0.2, -0.15) is 0 Å². The molecule has 0 saturated heterocycles. The Bertz CT molecular complexity index is 1220. The third-order valence-electron chi connectivity index (χ3n) is 5.83. The summed E-state index contributed by atoms with van der Waals surface area (Å²) in [5.41, 5.74) is 12.5. The molecule has 28 heavy (non-hydrogen) atoms. The number of nitrogens with zero attached hydrogens (tertiary/aromatic N) is 1. The first-order valence-electron chi connectivity index (χ1n) is 9.92. The zero-order valence-electron chi connectivity index (χ0n) is 17.2. The quantitative estimate of drug-likeness (QED) is 0.308. The standard InChI is InChI=1S/C26H25NO/c1-15-6-8-23-20(12-15)14-22-21-13-16(2)7-9-24(21)28-26(22)27(23)25-18(4)10-17(3)11-19(25)5/h6-13H,14H2,1-5H3. The van der Waals surface area contributed by atoms with Crippen molar-refractivity contribution in [1.82, 2.24) is 0 Å². The van der Waals surface area contributed by atoms with Gasteiger partial charge in [0.05, 0.1) is 11.4 Å². The Kier molecular flexibility index (Phi) is 3.67. The molecule has 0 fully saturated rings. The summed E-state index contributed by atoms with van der Waals surface area (Å²) in [4.78, 5) is 2.34. The summed E-state index contributed by atoms with van der Waals surface area (Å²) < 4.78 is 6.47. The molecule has 0 bridgehead atoms. The summed E-state index contributed by atoms with van der Waals surface area (Å²) >= 11 is 0. The summed E-state index contributed by atoms with van der Waals surface area (Å²) in [6.45, 7) is 10.9. The largest absolute Gasteiger partial charge is 0.439 e. The van der Waals surface area contributed by atoms with Gasteiger partial charge >= 0.3 is 0 Å². The average molecular weight is 367 g/mol. The number of rotatable bonds is 1. The highest BCUT2D eigenvalue weighted by atomic mass is 16.4. The lowest BCUT2D eigenvalue weighted by Crippen LogP contribution is -2.19. The Morgan fingerprint density at radius 2 is 1.43 bits per heavy atom. The smallest absolute Gasteiger partial charge is 0.209 e. The van der Waals surface area contributed by atoms with Crippen molar-refractivity contribution < 1.29 is 4.42 Å². The molecular formula is C26H25NO. The third-order valence-corrected chi connectivity index (χ3v) is 5.83. The molecule has 0 saturated carbocycles. The molecule has 0 N–H and O–H groups in total. The number of hydrogen-bond donors (Lipinski definition) is 0. The maximum atomic E-state index is 6.47. The van der Waals surface area contributed by atoms with Crippen LogP contribution in [0.3, 0.4) is 0 Å². The molecule has 0 spiro atoms. The summed E-state index contributed by atoms with van der Waals surface area (Å²) in [6.07, 6.45) is 0.906. The van der Waals surface area contributed by atoms with Crippen molar-refractivity contribution in [2.24, 2.45) is 0 Å². The van der Waals surface area contributed by atoms with E-state index in [1.807, 2.05) is 0 Å². The third kappa shape index (κ3) is 2.48. The zero-order valence-corrected chi connectivity index (χ0v) is 17.2. The normalized spacial score (nSPS) is 13.0. The van der Waals surface area contributed by atoms with Gasteiger partial charge in [0, 0.05) is 17.4 Å². The van der Waals surface area contributed by atoms with Crippen LogP contribution in [0.4, 0.5) is 17.3 Å². The second-order valence-corrected chi connectivity index (χ2v) is 8.28. The van der Waals surface area contributed by atoms with E-state index >= 15 is 0 Å². The first-order chi connectivity index (χ1) is 13.4. The summed E-state index contributed by atoms with van der Waals surface area (Å²) in [6, 6.07) is 17.8. The highest BCUT2D eigenvalue weighted by Crippen LogP contribution is 2.49. The predicted octanol–water partition coefficient (Wildman–Crippen LogP) is 7.35. The number of furan rings is 1. The van der Waals surface area contributed by atoms with Crippen molar-refractivity contribution in [3.63, 3.8) is 0 Å². The van der Waals surface area contributed by atoms with Crippen LogP contribution in [0.25, 0.3) is 11.0 Å². The molecule has 0 atom stereocenters. The summed E-state index contributed by atoms with van der Waals surface area (Å²) in [5, 5.41) is 1.23. The van der Waals surface area contributed by atoms with Crippen LogP contribution in [0.5, 0.6) is 0 Å². The predicted molar refractivity (Wildman–Crippen MR) is 117 cm³/mol. The van der Waals surface area contributed by atoms with Crippen LogP contribution >= 0.6 is 0 Å². The van der Waals surface area contributed by atoms with E-state index in [0.717, 1.165) is 17.9 Å². The van der Waals surface area contributed by atoms with Crippen LogP contribution in [0.1, 0.15) is 38.9 Å². The van der Waals surface area contributed by atoms with Crippen LogP contribution in [-0.2, 0) is 6.42 Å². The molecule has 3 aromatic carbocycles. The van der Waals surface area contributed by atoms with Gasteiger partial charge in [-0.3, -0.25) is 4.90 Å². The molecule has 1 aliphatic heterocycles. The fourth-order valence-corrected chi connectivity index (χ4v) is 4.72. The van der Waals surface area contributed by atoms with Gasteiger partial charge in [0.2, 0.25) is 5.88 Å². The van der Waals surface area contributed by atoms with E-state index in [1.165, 1.54) is 55.7 Å². The van der Waals surface area contributed by atoms with Crippen LogP contribution in [-0.4, -0.2) is 0 Å². The lowest BCUT2D eigenvalue weighted by molar-refractivity contribution is 0.613. The average Bonchev–Trinajstić information content (AvgIpc) is 2.97. The summed E-state index contributed by atoms with van der Waals surface area (Å²) in [7, 11) is 0. The van der Waals surface area contributed by atoms with Crippen LogP contribution in [0.15, 0.2) is 52.9 Å². The van der Waals surface area contributed by atoms with E-state index in [2.05, 4.69) is 88.0 Å². The number of fused-ring (bicyclic) bond motifs is 4. The maximum absolute atomic E-state index is 6.47. The Morgan fingerprint density at radius 1 is 0.750 bits per heavy atom. The van der Waals surface area contributed by atoms with E-state index < -0.39 is 0 Å². The van der Waals surface area contributed by atoms with Gasteiger partial charge in [-0.25, -0.2) is 0 Å². The minimum Gasteiger partial charge on any atom is -0.439 e. The SMILES string of the molecule is Cc1cc(C)c(N2c3ccc(C)cc3Cc3c2oc2ccc(C)cc32)c(C)c1. The Hall–Kier alpha value is -3.00. The second-order valence-electron chi connectivity index (χ2n) is 8.28. The molecule has 0 radical (unpaired) electrons. The topological polar surface area (TPSA) is 16.4 Å². The van der Waals surface area contributed by atoms with E-state index in [9.17, 15) is 0 Å². The van der Waals surface area contributed by atoms with Gasteiger partial charge in [-0.1, -0.05) is 47.0 Å². The second kappa shape index (κ2) is 6.00. The molecule has 0 unspecified atom stereocenters. The van der Waals surface area contributed by atoms with Crippen molar-refractivity contribution in [3.8, 4) is 0 Å². The molecule has 4 aromatic rings. The monoisotopic (exact) mass is 367 g/mol. The minimum atomic E-state index is 0.906. The van der Waals surface area contributed by atoms with Crippen molar-refractivity contribution in [1.29, 1.82) is 0 Å². The lowest BCUT2D eigenvalue weighted by Gasteiger charge is -2.32. The minimum absolute atomic E-state index is 0.906. The molecule has 2 heteroatoms. The maximum Gasteiger partial charge on any atom is 0.209 e. The first-order valence-corrected chi connectivity index (χ1v) is 9.92. The van der Waals surface area contributed by atoms with Gasteiger partial charge in [0.25, 0.3) is 0 Å². The van der Waals surface area contributed by atoms with Crippen molar-refractivity contribution in [2.75, 3.05) is 4.90 Å². The highest BCUT2D eigenvalue weighted by molar-refractivity contribution is 5.94. The van der Waals surface area contributed by atoms with Crippen LogP contribution in [0.2, 0.25) is 0 Å². The highest BCUT2D eigenvalue weighted by Gasteiger charge is 2.31. The Morgan fingerprint density at radius 3 is 2.18 bits per heavy atom. The zero-order chi connectivity index (χ0) is 19.6. The number of hydrogen-bond acceptors (Lipinski definition) is 2. The molecule has 2 nitrogen and oxygen atoms in total. The van der Waals surface area contributed by atoms with E-state index in [4.69, 9.17) is 4.42 Å². The fraction of sp³-hybridized carbons (Fsp3) is 0.231. The number of benzene rings is 3. The van der Waals surface area contributed by atoms with Gasteiger partial charge in [-0.15, -0.1) is 0 Å². The summed E-state index contributed by atoms with van der Waals surface area (Å²) in [5.74, 6) is 0.965. The fourth-order valence-electron chi connectivity index (χ4n) is 4.72. The van der Waals surface area contributed by atoms with Gasteiger partial charge in [-0.05, 0) is 69.5 Å². The van der Waals surface area contributed by atoms with Crippen LogP contribution < -0.4 is 4.90 Å². The van der Waals surface area contributed by atoms with Gasteiger partial charge < -0.3 is 4.42 Å². The molecule has 140 valence electrons. The Labute approximate surface area is 166 Å². The molecule has 1 aliphatic rings. The van der Waals surface area contributed by atoms with Crippen molar-refractivity contribution in [2.45, 2.75) is 41.0 Å². The number of anilines is 3.